The van der Waals surface area contributed by atoms with E-state index in [1.807, 2.05) is 6.92 Å². The van der Waals surface area contributed by atoms with Gasteiger partial charge in [0.1, 0.15) is 17.5 Å². The average molecular weight is 252 g/mol. The third kappa shape index (κ3) is 3.37. The zero-order valence-corrected chi connectivity index (χ0v) is 11.0. The molecule has 0 fully saturated rings. The summed E-state index contributed by atoms with van der Waals surface area (Å²) in [4.78, 5) is 11.5. The second kappa shape index (κ2) is 6.86. The van der Waals surface area contributed by atoms with Gasteiger partial charge in [0.15, 0.2) is 0 Å². The van der Waals surface area contributed by atoms with Crippen LogP contribution >= 0.6 is 0 Å². The number of benzene rings is 1. The van der Waals surface area contributed by atoms with E-state index in [-0.39, 0.29) is 0 Å². The van der Waals surface area contributed by atoms with Crippen LogP contribution in [0.3, 0.4) is 0 Å². The van der Waals surface area contributed by atoms with Crippen LogP contribution < -0.4 is 20.5 Å². The van der Waals surface area contributed by atoms with Crippen LogP contribution in [0.15, 0.2) is 18.2 Å². The molecule has 100 valence electrons. The van der Waals surface area contributed by atoms with E-state index in [0.29, 0.717) is 18.0 Å². The molecule has 1 rings (SSSR count). The lowest BCUT2D eigenvalue weighted by Crippen LogP contribution is -2.34. The fourth-order valence-electron chi connectivity index (χ4n) is 1.71. The molecule has 1 aromatic carbocycles. The third-order valence-electron chi connectivity index (χ3n) is 2.63. The molecule has 18 heavy (non-hydrogen) atoms. The summed E-state index contributed by atoms with van der Waals surface area (Å²) in [6, 6.07) is 4.75. The van der Waals surface area contributed by atoms with Gasteiger partial charge < -0.3 is 20.5 Å². The highest BCUT2D eigenvalue weighted by molar-refractivity contribution is 5.82. The molecule has 0 saturated heterocycles. The van der Waals surface area contributed by atoms with Gasteiger partial charge in [-0.15, -0.1) is 0 Å². The van der Waals surface area contributed by atoms with Gasteiger partial charge in [-0.25, -0.2) is 0 Å². The number of carbonyl (C=O) groups is 1. The summed E-state index contributed by atoms with van der Waals surface area (Å²) in [6.07, 6.45) is 0.919. The van der Waals surface area contributed by atoms with Crippen molar-refractivity contribution in [1.29, 1.82) is 0 Å². The molecular formula is C13H20N2O3. The highest BCUT2D eigenvalue weighted by Crippen LogP contribution is 2.29. The van der Waals surface area contributed by atoms with E-state index in [1.54, 1.807) is 32.4 Å². The third-order valence-corrected chi connectivity index (χ3v) is 2.63. The van der Waals surface area contributed by atoms with Crippen molar-refractivity contribution in [1.82, 2.24) is 5.32 Å². The maximum absolute atomic E-state index is 11.5. The van der Waals surface area contributed by atoms with Crippen LogP contribution in [0.5, 0.6) is 11.5 Å². The summed E-state index contributed by atoms with van der Waals surface area (Å²) >= 11 is 0. The van der Waals surface area contributed by atoms with Crippen LogP contribution in [0.2, 0.25) is 0 Å². The van der Waals surface area contributed by atoms with Crippen molar-refractivity contribution < 1.29 is 14.3 Å². The van der Waals surface area contributed by atoms with E-state index in [1.165, 1.54) is 0 Å². The first-order valence-corrected chi connectivity index (χ1v) is 5.88. The van der Waals surface area contributed by atoms with Crippen molar-refractivity contribution in [3.05, 3.63) is 23.8 Å². The van der Waals surface area contributed by atoms with E-state index in [9.17, 15) is 4.79 Å². The summed E-state index contributed by atoms with van der Waals surface area (Å²) in [5, 5.41) is 3.10. The quantitative estimate of drug-likeness (QED) is 0.765. The molecule has 0 bridgehead atoms. The lowest BCUT2D eigenvalue weighted by molar-refractivity contribution is -0.120. The molecule has 0 heterocycles. The lowest BCUT2D eigenvalue weighted by atomic mass is 10.0. The van der Waals surface area contributed by atoms with Crippen LogP contribution in [0, 0.1) is 0 Å². The van der Waals surface area contributed by atoms with Crippen LogP contribution in [0.1, 0.15) is 24.9 Å². The summed E-state index contributed by atoms with van der Waals surface area (Å²) in [6.45, 7) is 2.74. The zero-order chi connectivity index (χ0) is 13.5. The Morgan fingerprint density at radius 3 is 2.61 bits per heavy atom. The second-order valence-corrected chi connectivity index (χ2v) is 3.90. The van der Waals surface area contributed by atoms with Crippen LogP contribution in [-0.4, -0.2) is 26.7 Å². The Morgan fingerprint density at radius 1 is 1.39 bits per heavy atom. The molecule has 1 amide bonds. The first-order valence-electron chi connectivity index (χ1n) is 5.88. The maximum atomic E-state index is 11.5. The van der Waals surface area contributed by atoms with E-state index < -0.39 is 11.9 Å². The Labute approximate surface area is 107 Å². The Bertz CT molecular complexity index is 407. The van der Waals surface area contributed by atoms with Gasteiger partial charge in [0.05, 0.1) is 14.2 Å². The molecule has 5 nitrogen and oxygen atoms in total. The first-order chi connectivity index (χ1) is 8.63. The van der Waals surface area contributed by atoms with Gasteiger partial charge in [-0.05, 0) is 25.1 Å². The summed E-state index contributed by atoms with van der Waals surface area (Å²) in [5.74, 6) is 0.836. The van der Waals surface area contributed by atoms with Gasteiger partial charge >= 0.3 is 0 Å². The second-order valence-electron chi connectivity index (χ2n) is 3.90. The van der Waals surface area contributed by atoms with Crippen LogP contribution in [0.25, 0.3) is 0 Å². The number of nitrogens with two attached hydrogens (primary N) is 1. The summed E-state index contributed by atoms with van der Waals surface area (Å²) in [7, 11) is 3.13. The molecule has 0 saturated carbocycles. The Balaban J connectivity index is 3.06. The Kier molecular flexibility index (Phi) is 5.45. The minimum absolute atomic E-state index is 0.424. The predicted molar refractivity (Wildman–Crippen MR) is 69.8 cm³/mol. The number of hydrogen-bond donors (Lipinski definition) is 2. The van der Waals surface area contributed by atoms with Gasteiger partial charge in [-0.1, -0.05) is 6.92 Å². The normalized spacial score (nSPS) is 11.9. The van der Waals surface area contributed by atoms with Gasteiger partial charge in [-0.3, -0.25) is 4.79 Å². The standard InChI is InChI=1S/C13H20N2O3/c1-4-7-15-12(13(14)16)10-6-5-9(17-2)8-11(10)18-3/h5-6,8,12,15H,4,7H2,1-3H3,(H2,14,16). The lowest BCUT2D eigenvalue weighted by Gasteiger charge is -2.18. The van der Waals surface area contributed by atoms with Crippen LogP contribution in [-0.2, 0) is 4.79 Å². The molecule has 0 aliphatic heterocycles. The highest BCUT2D eigenvalue weighted by Gasteiger charge is 2.21. The molecule has 1 aromatic rings. The highest BCUT2D eigenvalue weighted by atomic mass is 16.5. The number of amides is 1. The van der Waals surface area contributed by atoms with E-state index in [2.05, 4.69) is 5.32 Å². The topological polar surface area (TPSA) is 73.6 Å². The van der Waals surface area contributed by atoms with E-state index in [4.69, 9.17) is 15.2 Å². The largest absolute Gasteiger partial charge is 0.497 e. The van der Waals surface area contributed by atoms with Gasteiger partial charge in [0.25, 0.3) is 0 Å². The minimum atomic E-state index is -0.550. The molecular weight excluding hydrogens is 232 g/mol. The van der Waals surface area contributed by atoms with Crippen molar-refractivity contribution in [3.8, 4) is 11.5 Å². The molecule has 5 heteroatoms. The van der Waals surface area contributed by atoms with Crippen molar-refractivity contribution in [2.45, 2.75) is 19.4 Å². The first kappa shape index (κ1) is 14.3. The maximum Gasteiger partial charge on any atom is 0.239 e. The minimum Gasteiger partial charge on any atom is -0.497 e. The molecule has 0 aliphatic rings. The molecule has 0 radical (unpaired) electrons. The van der Waals surface area contributed by atoms with E-state index >= 15 is 0 Å². The smallest absolute Gasteiger partial charge is 0.239 e. The SMILES string of the molecule is CCCNC(C(N)=O)c1ccc(OC)cc1OC. The number of carbonyl (C=O) groups excluding carboxylic acids is 1. The van der Waals surface area contributed by atoms with E-state index in [0.717, 1.165) is 12.0 Å². The zero-order valence-electron chi connectivity index (χ0n) is 11.0. The Morgan fingerprint density at radius 2 is 2.11 bits per heavy atom. The summed E-state index contributed by atoms with van der Waals surface area (Å²) in [5.41, 5.74) is 6.14. The molecule has 3 N–H and O–H groups in total. The van der Waals surface area contributed by atoms with Gasteiger partial charge in [-0.2, -0.15) is 0 Å². The van der Waals surface area contributed by atoms with Crippen molar-refractivity contribution in [2.24, 2.45) is 5.73 Å². The number of primary amides is 1. The average Bonchev–Trinajstić information content (AvgIpc) is 2.38. The molecule has 0 spiro atoms. The van der Waals surface area contributed by atoms with Crippen molar-refractivity contribution in [3.63, 3.8) is 0 Å². The molecule has 0 aliphatic carbocycles. The fraction of sp³-hybridized carbons (Fsp3) is 0.462. The molecule has 0 aromatic heterocycles. The number of ether oxygens (including phenoxy) is 2. The van der Waals surface area contributed by atoms with Crippen molar-refractivity contribution >= 4 is 5.91 Å². The number of nitrogens with one attached hydrogen (secondary N) is 1. The molecule has 1 atom stereocenters. The Hall–Kier alpha value is -1.75. The van der Waals surface area contributed by atoms with Crippen LogP contribution in [0.4, 0.5) is 0 Å². The van der Waals surface area contributed by atoms with Gasteiger partial charge in [0.2, 0.25) is 5.91 Å². The number of rotatable bonds is 7. The monoisotopic (exact) mass is 252 g/mol. The van der Waals surface area contributed by atoms with Crippen molar-refractivity contribution in [2.75, 3.05) is 20.8 Å². The summed E-state index contributed by atoms with van der Waals surface area (Å²) < 4.78 is 10.4. The van der Waals surface area contributed by atoms with Gasteiger partial charge in [0, 0.05) is 11.6 Å². The number of hydrogen-bond acceptors (Lipinski definition) is 4. The predicted octanol–water partition coefficient (Wildman–Crippen LogP) is 1.23. The molecule has 1 unspecified atom stereocenters. The number of methoxy groups -OCH3 is 2. The fourth-order valence-corrected chi connectivity index (χ4v) is 1.71.